The predicted octanol–water partition coefficient (Wildman–Crippen LogP) is 2.44. The number of carboxylic acids is 1. The van der Waals surface area contributed by atoms with Gasteiger partial charge in [-0.25, -0.2) is 4.79 Å². The maximum absolute atomic E-state index is 12.5. The quantitative estimate of drug-likeness (QED) is 0.116. The van der Waals surface area contributed by atoms with Gasteiger partial charge in [0.1, 0.15) is 20.0 Å². The molecule has 3 atom stereocenters. The van der Waals surface area contributed by atoms with Crippen molar-refractivity contribution in [1.29, 1.82) is 0 Å². The van der Waals surface area contributed by atoms with E-state index in [2.05, 4.69) is 6.58 Å². The number of ether oxygens (including phenoxy) is 5. The number of carbonyl (C=O) groups is 4. The Morgan fingerprint density at radius 3 is 2.38 bits per heavy atom. The highest BCUT2D eigenvalue weighted by Gasteiger charge is 2.40. The number of rotatable bonds is 15. The van der Waals surface area contributed by atoms with Crippen LogP contribution < -0.4 is 0 Å². The summed E-state index contributed by atoms with van der Waals surface area (Å²) in [6, 6.07) is 0. The zero-order valence-electron chi connectivity index (χ0n) is 20.3. The number of carbonyl (C=O) groups excluding carboxylic acids is 3. The third kappa shape index (κ3) is 10.4. The molecular weight excluding hydrogens is 468 g/mol. The molecule has 0 aliphatic heterocycles. The van der Waals surface area contributed by atoms with E-state index >= 15 is 0 Å². The van der Waals surface area contributed by atoms with Crippen LogP contribution in [0.4, 0.5) is 0 Å². The van der Waals surface area contributed by atoms with Gasteiger partial charge in [-0.3, -0.25) is 14.4 Å². The summed E-state index contributed by atoms with van der Waals surface area (Å²) < 4.78 is 25.8. The zero-order valence-corrected chi connectivity index (χ0v) is 21.1. The molecule has 1 rings (SSSR count). The first-order valence-corrected chi connectivity index (χ1v) is 12.2. The summed E-state index contributed by atoms with van der Waals surface area (Å²) in [5.41, 5.74) is -0.345. The molecule has 0 aromatic rings. The minimum atomic E-state index is -1.07. The van der Waals surface area contributed by atoms with Crippen LogP contribution >= 0.6 is 11.8 Å². The average Bonchev–Trinajstić information content (AvgIpc) is 2.79. The summed E-state index contributed by atoms with van der Waals surface area (Å²) in [7, 11) is 1.34. The highest BCUT2D eigenvalue weighted by Crippen LogP contribution is 2.33. The van der Waals surface area contributed by atoms with Gasteiger partial charge in [0.05, 0.1) is 37.1 Å². The molecule has 1 fully saturated rings. The molecule has 0 heterocycles. The molecule has 34 heavy (non-hydrogen) atoms. The summed E-state index contributed by atoms with van der Waals surface area (Å²) in [5, 5.41) is 9.59. The Balaban J connectivity index is 2.34. The minimum absolute atomic E-state index is 0.0594. The molecule has 0 amide bonds. The van der Waals surface area contributed by atoms with E-state index in [9.17, 15) is 24.3 Å². The van der Waals surface area contributed by atoms with Crippen LogP contribution in [0.2, 0.25) is 0 Å². The van der Waals surface area contributed by atoms with E-state index in [1.165, 1.54) is 18.9 Å². The second-order valence-corrected chi connectivity index (χ2v) is 9.80. The monoisotopic (exact) mass is 504 g/mol. The lowest BCUT2D eigenvalue weighted by Crippen LogP contribution is -2.39. The summed E-state index contributed by atoms with van der Waals surface area (Å²) in [6.07, 6.45) is 0.642. The Hall–Kier alpha value is -2.11. The molecule has 1 aliphatic carbocycles. The molecule has 0 radical (unpaired) electrons. The Morgan fingerprint density at radius 2 is 1.76 bits per heavy atom. The lowest BCUT2D eigenvalue weighted by atomic mass is 9.78. The molecule has 11 heteroatoms. The van der Waals surface area contributed by atoms with Crippen LogP contribution in [0.25, 0.3) is 0 Å². The highest BCUT2D eigenvalue weighted by molar-refractivity contribution is 7.99. The van der Waals surface area contributed by atoms with E-state index in [1.807, 2.05) is 0 Å². The highest BCUT2D eigenvalue weighted by atomic mass is 32.2. The lowest BCUT2D eigenvalue weighted by molar-refractivity contribution is -0.166. The third-order valence-corrected chi connectivity index (χ3v) is 6.67. The molecule has 0 aromatic heterocycles. The van der Waals surface area contributed by atoms with Crippen molar-refractivity contribution in [3.05, 3.63) is 12.2 Å². The first kappa shape index (κ1) is 29.9. The number of hydrogen-bond acceptors (Lipinski definition) is 10. The maximum atomic E-state index is 12.5. The fraction of sp³-hybridized carbons (Fsp3) is 0.739. The van der Waals surface area contributed by atoms with Crippen molar-refractivity contribution in [1.82, 2.24) is 0 Å². The van der Waals surface area contributed by atoms with Crippen LogP contribution in [0, 0.1) is 17.3 Å². The van der Waals surface area contributed by atoms with E-state index in [-0.39, 0.29) is 45.1 Å². The van der Waals surface area contributed by atoms with Gasteiger partial charge in [-0.15, -0.1) is 0 Å². The van der Waals surface area contributed by atoms with Gasteiger partial charge in [0, 0.05) is 17.1 Å². The average molecular weight is 505 g/mol. The third-order valence-electron chi connectivity index (χ3n) is 5.29. The number of aliphatic carboxylic acids is 1. The lowest BCUT2D eigenvalue weighted by Gasteiger charge is -2.32. The number of hydrogen-bond donors (Lipinski definition) is 1. The van der Waals surface area contributed by atoms with Crippen molar-refractivity contribution >= 4 is 35.6 Å². The van der Waals surface area contributed by atoms with Crippen LogP contribution in [0.1, 0.15) is 40.0 Å². The molecular formula is C23H36O10S. The van der Waals surface area contributed by atoms with Gasteiger partial charge < -0.3 is 28.8 Å². The second kappa shape index (κ2) is 15.0. The molecule has 0 aromatic carbocycles. The Labute approximate surface area is 204 Å². The van der Waals surface area contributed by atoms with E-state index in [0.717, 1.165) is 0 Å². The minimum Gasteiger partial charge on any atom is -0.481 e. The Morgan fingerprint density at radius 1 is 1.06 bits per heavy atom. The largest absolute Gasteiger partial charge is 0.481 e. The van der Waals surface area contributed by atoms with Crippen molar-refractivity contribution in [3.8, 4) is 0 Å². The van der Waals surface area contributed by atoms with Crippen molar-refractivity contribution in [2.45, 2.75) is 46.1 Å². The Kier molecular flexibility index (Phi) is 13.2. The first-order chi connectivity index (χ1) is 16.0. The SMILES string of the molecule is C=C(C)C(=O)OCCOCOC1CCC(C(=O)OCCSCC(C)(C)C(=O)OC)C(C(=O)O)C1. The molecule has 1 aliphatic rings. The van der Waals surface area contributed by atoms with Crippen LogP contribution in [0.5, 0.6) is 0 Å². The zero-order chi connectivity index (χ0) is 25.7. The predicted molar refractivity (Wildman–Crippen MR) is 124 cm³/mol. The van der Waals surface area contributed by atoms with Gasteiger partial charge in [0.2, 0.25) is 0 Å². The van der Waals surface area contributed by atoms with Gasteiger partial charge in [0.25, 0.3) is 0 Å². The van der Waals surface area contributed by atoms with Crippen molar-refractivity contribution in [2.24, 2.45) is 17.3 Å². The molecule has 0 spiro atoms. The summed E-state index contributed by atoms with van der Waals surface area (Å²) in [4.78, 5) is 47.2. The summed E-state index contributed by atoms with van der Waals surface area (Å²) in [6.45, 7) is 8.83. The molecule has 194 valence electrons. The van der Waals surface area contributed by atoms with Crippen molar-refractivity contribution in [2.75, 3.05) is 45.2 Å². The van der Waals surface area contributed by atoms with Gasteiger partial charge in [0.15, 0.2) is 0 Å². The fourth-order valence-electron chi connectivity index (χ4n) is 3.33. The smallest absolute Gasteiger partial charge is 0.333 e. The van der Waals surface area contributed by atoms with Crippen LogP contribution in [-0.4, -0.2) is 80.3 Å². The molecule has 1 saturated carbocycles. The molecule has 0 bridgehead atoms. The molecule has 0 saturated heterocycles. The first-order valence-electron chi connectivity index (χ1n) is 11.1. The molecule has 3 unspecified atom stereocenters. The van der Waals surface area contributed by atoms with Crippen LogP contribution in [0.3, 0.4) is 0 Å². The molecule has 10 nitrogen and oxygen atoms in total. The summed E-state index contributed by atoms with van der Waals surface area (Å²) in [5.74, 6) is -3.06. The maximum Gasteiger partial charge on any atom is 0.333 e. The molecule has 1 N–H and O–H groups in total. The van der Waals surface area contributed by atoms with E-state index in [0.29, 0.717) is 29.9 Å². The summed E-state index contributed by atoms with van der Waals surface area (Å²) >= 11 is 1.46. The standard InChI is InChI=1S/C23H36O10S/c1-15(2)20(26)31-9-8-30-14-33-16-6-7-17(18(12-16)19(24)25)21(27)32-10-11-34-13-23(3,4)22(28)29-5/h16-18H,1,6-14H2,2-5H3,(H,24,25). The van der Waals surface area contributed by atoms with Crippen LogP contribution in [-0.2, 0) is 42.9 Å². The number of methoxy groups -OCH3 is 1. The van der Waals surface area contributed by atoms with E-state index < -0.39 is 35.2 Å². The van der Waals surface area contributed by atoms with E-state index in [1.54, 1.807) is 20.8 Å². The topological polar surface area (TPSA) is 135 Å². The second-order valence-electron chi connectivity index (χ2n) is 8.69. The van der Waals surface area contributed by atoms with E-state index in [4.69, 9.17) is 23.7 Å². The fourth-order valence-corrected chi connectivity index (χ4v) is 4.30. The van der Waals surface area contributed by atoms with Crippen molar-refractivity contribution < 1.29 is 48.0 Å². The normalized spacial score (nSPS) is 20.3. The van der Waals surface area contributed by atoms with Crippen molar-refractivity contribution in [3.63, 3.8) is 0 Å². The number of carboxylic acid groups (broad SMARTS) is 1. The van der Waals surface area contributed by atoms with Gasteiger partial charge in [-0.1, -0.05) is 6.58 Å². The van der Waals surface area contributed by atoms with Gasteiger partial charge in [-0.05, 0) is 40.0 Å². The number of esters is 3. The Bertz CT molecular complexity index is 721. The van der Waals surface area contributed by atoms with Gasteiger partial charge >= 0.3 is 23.9 Å². The van der Waals surface area contributed by atoms with Crippen LogP contribution in [0.15, 0.2) is 12.2 Å². The van der Waals surface area contributed by atoms with Gasteiger partial charge in [-0.2, -0.15) is 11.8 Å². The number of thioether (sulfide) groups is 1.